The average molecular weight is 637 g/mol. The number of carboxylic acid groups (broad SMARTS) is 1. The van der Waals surface area contributed by atoms with E-state index >= 15 is 0 Å². The predicted molar refractivity (Wildman–Crippen MR) is 176 cm³/mol. The van der Waals surface area contributed by atoms with Crippen molar-refractivity contribution in [1.29, 1.82) is 0 Å². The van der Waals surface area contributed by atoms with Crippen LogP contribution in [-0.2, 0) is 26.6 Å². The van der Waals surface area contributed by atoms with Crippen LogP contribution < -0.4 is 10.6 Å². The Morgan fingerprint density at radius 1 is 0.651 bits per heavy atom. The van der Waals surface area contributed by atoms with Crippen molar-refractivity contribution in [3.8, 4) is 11.1 Å². The maximum atomic E-state index is 11.4. The first kappa shape index (κ1) is 36.9. The summed E-state index contributed by atoms with van der Waals surface area (Å²) in [5.74, 6) is -0.948. The molecule has 10 nitrogen and oxygen atoms in total. The fourth-order valence-electron chi connectivity index (χ4n) is 4.97. The van der Waals surface area contributed by atoms with Crippen LogP contribution in [0.5, 0.6) is 0 Å². The molecule has 0 fully saturated rings. The van der Waals surface area contributed by atoms with Gasteiger partial charge in [-0.1, -0.05) is 24.3 Å². The van der Waals surface area contributed by atoms with Gasteiger partial charge in [-0.2, -0.15) is 0 Å². The van der Waals surface area contributed by atoms with Crippen LogP contribution in [-0.4, -0.2) is 81.4 Å². The number of para-hydroxylation sites is 1. The first-order valence-electron chi connectivity index (χ1n) is 15.6. The molecule has 2 aromatic rings. The van der Waals surface area contributed by atoms with Crippen LogP contribution in [0.1, 0.15) is 64.7 Å². The number of nitrogens with one attached hydrogen (secondary N) is 2. The molecule has 0 aliphatic rings. The van der Waals surface area contributed by atoms with Crippen molar-refractivity contribution >= 4 is 35.0 Å². The third kappa shape index (κ3) is 11.6. The second-order valence-electron chi connectivity index (χ2n) is 9.64. The molecule has 3 N–H and O–H groups in total. The van der Waals surface area contributed by atoms with E-state index in [0.29, 0.717) is 64.8 Å². The molecule has 0 spiro atoms. The van der Waals surface area contributed by atoms with Gasteiger partial charge in [-0.25, -0.2) is 4.79 Å². The Labute approximate surface area is 260 Å². The van der Waals surface area contributed by atoms with Crippen LogP contribution in [0.25, 0.3) is 11.1 Å². The lowest BCUT2D eigenvalue weighted by atomic mass is 10.0. The van der Waals surface area contributed by atoms with Crippen LogP contribution in [0.3, 0.4) is 0 Å². The summed E-state index contributed by atoms with van der Waals surface area (Å²) in [5.41, 5.74) is 4.06. The summed E-state index contributed by atoms with van der Waals surface area (Å²) in [6.45, 7) is 16.5. The number of anilines is 2. The second kappa shape index (κ2) is 19.9. The molecule has 0 radical (unpaired) electrons. The average Bonchev–Trinajstić information content (AvgIpc) is 2.99. The number of carboxylic acids is 1. The SMILES string of the molecule is CCO[Si](CCCNc1cccc(-c2ccc(C(=O)O)cc2)c1NCCC[Si](OCC)(OCC)OCC)(OCC)OCC. The van der Waals surface area contributed by atoms with Crippen molar-refractivity contribution in [2.45, 2.75) is 66.5 Å². The lowest BCUT2D eigenvalue weighted by Crippen LogP contribution is -2.46. The summed E-state index contributed by atoms with van der Waals surface area (Å²) in [5, 5.41) is 16.6. The van der Waals surface area contributed by atoms with Crippen molar-refractivity contribution in [2.24, 2.45) is 0 Å². The molecule has 0 heterocycles. The van der Waals surface area contributed by atoms with Gasteiger partial charge in [0.05, 0.1) is 16.9 Å². The highest BCUT2D eigenvalue weighted by Gasteiger charge is 2.40. The Bertz CT molecular complexity index is 1040. The molecule has 242 valence electrons. The molecule has 0 amide bonds. The van der Waals surface area contributed by atoms with Crippen LogP contribution in [0.4, 0.5) is 11.4 Å². The first-order chi connectivity index (χ1) is 20.8. The number of benzene rings is 2. The quantitative estimate of drug-likeness (QED) is 0.0844. The molecule has 0 atom stereocenters. The Hall–Kier alpha value is -2.30. The van der Waals surface area contributed by atoms with Gasteiger partial charge < -0.3 is 42.3 Å². The van der Waals surface area contributed by atoms with Crippen molar-refractivity contribution in [3.05, 3.63) is 48.0 Å². The Balaban J connectivity index is 2.25. The number of carbonyl (C=O) groups is 1. The third-order valence-electron chi connectivity index (χ3n) is 6.63. The van der Waals surface area contributed by atoms with Gasteiger partial charge >= 0.3 is 23.6 Å². The van der Waals surface area contributed by atoms with Crippen molar-refractivity contribution in [3.63, 3.8) is 0 Å². The van der Waals surface area contributed by atoms with Crippen molar-refractivity contribution in [1.82, 2.24) is 0 Å². The van der Waals surface area contributed by atoms with Crippen molar-refractivity contribution < 1.29 is 36.5 Å². The highest BCUT2D eigenvalue weighted by molar-refractivity contribution is 6.61. The minimum absolute atomic E-state index is 0.252. The van der Waals surface area contributed by atoms with Gasteiger partial charge in [-0.15, -0.1) is 0 Å². The van der Waals surface area contributed by atoms with E-state index in [0.717, 1.165) is 35.3 Å². The standard InChI is InChI=1S/C31H52N2O8Si2/c1-7-36-42(37-8-2,38-9-3)24-14-22-32-29-17-13-16-28(26-18-20-27(21-19-26)31(34)35)30(29)33-23-15-25-43(39-10-4,40-11-5)41-12-6/h13,16-21,32-33H,7-12,14-15,22-25H2,1-6H3,(H,34,35). The number of hydrogen-bond donors (Lipinski definition) is 3. The number of rotatable bonds is 24. The van der Waals surface area contributed by atoms with Gasteiger partial charge in [0.2, 0.25) is 0 Å². The summed E-state index contributed by atoms with van der Waals surface area (Å²) in [6.07, 6.45) is 1.61. The molecule has 43 heavy (non-hydrogen) atoms. The zero-order valence-corrected chi connectivity index (χ0v) is 28.8. The highest BCUT2D eigenvalue weighted by atomic mass is 28.4. The molecule has 0 aromatic heterocycles. The van der Waals surface area contributed by atoms with Crippen LogP contribution in [0, 0.1) is 0 Å². The smallest absolute Gasteiger partial charge is 0.478 e. The molecular weight excluding hydrogens is 585 g/mol. The lowest BCUT2D eigenvalue weighted by Gasteiger charge is -2.29. The minimum atomic E-state index is -2.75. The maximum Gasteiger partial charge on any atom is 0.500 e. The highest BCUT2D eigenvalue weighted by Crippen LogP contribution is 2.35. The van der Waals surface area contributed by atoms with Crippen molar-refractivity contribution in [2.75, 3.05) is 63.4 Å². The third-order valence-corrected chi connectivity index (χ3v) is 12.9. The van der Waals surface area contributed by atoms with Crippen LogP contribution in [0.2, 0.25) is 12.1 Å². The van der Waals surface area contributed by atoms with Gasteiger partial charge in [0.25, 0.3) is 0 Å². The van der Waals surface area contributed by atoms with E-state index in [1.165, 1.54) is 0 Å². The Morgan fingerprint density at radius 3 is 1.51 bits per heavy atom. The summed E-state index contributed by atoms with van der Waals surface area (Å²) in [7, 11) is -5.48. The van der Waals surface area contributed by atoms with Gasteiger partial charge in [0.1, 0.15) is 0 Å². The molecule has 0 unspecified atom stereocenters. The zero-order valence-electron chi connectivity index (χ0n) is 26.8. The molecule has 12 heteroatoms. The van der Waals surface area contributed by atoms with Crippen LogP contribution in [0.15, 0.2) is 42.5 Å². The van der Waals surface area contributed by atoms with E-state index in [4.69, 9.17) is 26.6 Å². The van der Waals surface area contributed by atoms with E-state index in [9.17, 15) is 9.90 Å². The van der Waals surface area contributed by atoms with E-state index in [1.54, 1.807) is 12.1 Å². The summed E-state index contributed by atoms with van der Waals surface area (Å²) in [6, 6.07) is 14.5. The predicted octanol–water partition coefficient (Wildman–Crippen LogP) is 6.75. The van der Waals surface area contributed by atoms with E-state index in [2.05, 4.69) is 16.7 Å². The van der Waals surface area contributed by atoms with E-state index in [-0.39, 0.29) is 5.56 Å². The lowest BCUT2D eigenvalue weighted by molar-refractivity contribution is 0.0690. The number of hydrogen-bond acceptors (Lipinski definition) is 9. The second-order valence-corrected chi connectivity index (χ2v) is 15.1. The van der Waals surface area contributed by atoms with Gasteiger partial charge in [-0.05, 0) is 78.1 Å². The molecule has 0 saturated heterocycles. The Morgan fingerprint density at radius 2 is 1.09 bits per heavy atom. The molecule has 0 aliphatic heterocycles. The van der Waals surface area contributed by atoms with Gasteiger partial charge in [0.15, 0.2) is 0 Å². The maximum absolute atomic E-state index is 11.4. The number of aromatic carboxylic acids is 1. The molecule has 0 bridgehead atoms. The van der Waals surface area contributed by atoms with Gasteiger partial charge in [0, 0.05) is 70.4 Å². The zero-order chi connectivity index (χ0) is 31.6. The van der Waals surface area contributed by atoms with E-state index < -0.39 is 23.6 Å². The van der Waals surface area contributed by atoms with Crippen LogP contribution >= 0.6 is 0 Å². The molecular formula is C31H52N2O8Si2. The largest absolute Gasteiger partial charge is 0.500 e. The topological polar surface area (TPSA) is 117 Å². The summed E-state index contributed by atoms with van der Waals surface area (Å²) in [4.78, 5) is 11.4. The minimum Gasteiger partial charge on any atom is -0.478 e. The van der Waals surface area contributed by atoms with Gasteiger partial charge in [-0.3, -0.25) is 0 Å². The molecule has 0 aliphatic carbocycles. The molecule has 2 aromatic carbocycles. The normalized spacial score (nSPS) is 12.0. The Kier molecular flexibility index (Phi) is 17.1. The molecule has 0 saturated carbocycles. The van der Waals surface area contributed by atoms with E-state index in [1.807, 2.05) is 65.8 Å². The fraction of sp³-hybridized carbons (Fsp3) is 0.581. The summed E-state index contributed by atoms with van der Waals surface area (Å²) >= 11 is 0. The summed E-state index contributed by atoms with van der Waals surface area (Å²) < 4.78 is 36.2. The fourth-order valence-corrected chi connectivity index (χ4v) is 10.2. The monoisotopic (exact) mass is 636 g/mol. The molecule has 2 rings (SSSR count). The first-order valence-corrected chi connectivity index (χ1v) is 19.5.